The van der Waals surface area contributed by atoms with Crippen LogP contribution in [0.4, 0.5) is 14.4 Å². The van der Waals surface area contributed by atoms with Crippen molar-refractivity contribution < 1.29 is 108 Å². The predicted molar refractivity (Wildman–Crippen MR) is 25.2 cm³/mol. The Labute approximate surface area is 125 Å². The molecule has 64 valence electrons. The van der Waals surface area contributed by atoms with Crippen molar-refractivity contribution in [2.45, 2.75) is 0 Å². The molecule has 0 radical (unpaired) electrons. The molecule has 0 aromatic heterocycles. The zero-order valence-electron chi connectivity index (χ0n) is 5.88. The van der Waals surface area contributed by atoms with Gasteiger partial charge in [-0.1, -0.05) is 0 Å². The Morgan fingerprint density at radius 1 is 1.00 bits per heavy atom. The van der Waals surface area contributed by atoms with E-state index in [4.69, 9.17) is 25.2 Å². The summed E-state index contributed by atoms with van der Waals surface area (Å²) < 4.78 is 3.08. The molecule has 0 amide bonds. The Hall–Kier alpha value is 0.0619. The van der Waals surface area contributed by atoms with Gasteiger partial charge in [-0.15, -0.1) is 0 Å². The van der Waals surface area contributed by atoms with E-state index in [2.05, 4.69) is 4.74 Å². The maximum Gasteiger partial charge on any atom is 1.00 e. The van der Waals surface area contributed by atoms with Gasteiger partial charge in [0.1, 0.15) is 0 Å². The van der Waals surface area contributed by atoms with E-state index in [1.54, 1.807) is 0 Å². The molecule has 8 nitrogen and oxygen atoms in total. The summed E-state index contributed by atoms with van der Waals surface area (Å²) in [5.41, 5.74) is 0. The number of carbonyl (C=O) groups is 3. The van der Waals surface area contributed by atoms with Crippen LogP contribution in [0, 0.1) is 0 Å². The SMILES string of the molecule is O=C(O)OC(=O)O.O=C([O-])O.[Cs+]. The molecule has 0 unspecified atom stereocenters. The van der Waals surface area contributed by atoms with Crippen LogP contribution in [0.2, 0.25) is 0 Å². The minimum atomic E-state index is -2.08. The predicted octanol–water partition coefficient (Wildman–Crippen LogP) is -3.75. The van der Waals surface area contributed by atoms with E-state index in [1.165, 1.54) is 0 Å². The smallest absolute Gasteiger partial charge is 0.565 e. The third kappa shape index (κ3) is 50.1. The average molecular weight is 300 g/mol. The van der Waals surface area contributed by atoms with Crippen LogP contribution >= 0.6 is 0 Å². The van der Waals surface area contributed by atoms with E-state index in [0.717, 1.165) is 0 Å². The van der Waals surface area contributed by atoms with Crippen molar-refractivity contribution in [1.29, 1.82) is 0 Å². The van der Waals surface area contributed by atoms with Gasteiger partial charge in [-0.25, -0.2) is 9.59 Å². The zero-order valence-corrected chi connectivity index (χ0v) is 12.2. The summed E-state index contributed by atoms with van der Waals surface area (Å²) in [6.45, 7) is 0. The Kier molecular flexibility index (Phi) is 16.6. The first kappa shape index (κ1) is 18.0. The first-order valence-electron chi connectivity index (χ1n) is 1.90. The van der Waals surface area contributed by atoms with E-state index >= 15 is 0 Å². The topological polar surface area (TPSA) is 144 Å². The van der Waals surface area contributed by atoms with Gasteiger partial charge in [0.05, 0.1) is 0 Å². The first-order valence-corrected chi connectivity index (χ1v) is 1.90. The van der Waals surface area contributed by atoms with Crippen molar-refractivity contribution in [3.05, 3.63) is 0 Å². The molecule has 9 heteroatoms. The maximum absolute atomic E-state index is 9.21. The van der Waals surface area contributed by atoms with Crippen molar-refractivity contribution in [3.8, 4) is 0 Å². The number of rotatable bonds is 0. The summed E-state index contributed by atoms with van der Waals surface area (Å²) in [5, 5.41) is 30.3. The van der Waals surface area contributed by atoms with E-state index < -0.39 is 18.5 Å². The number of hydrogen-bond donors (Lipinski definition) is 3. The van der Waals surface area contributed by atoms with Crippen LogP contribution in [0.25, 0.3) is 0 Å². The molecular weight excluding hydrogens is 297 g/mol. The van der Waals surface area contributed by atoms with Gasteiger partial charge in [-0.2, -0.15) is 0 Å². The van der Waals surface area contributed by atoms with Gasteiger partial charge in [0.2, 0.25) is 6.16 Å². The van der Waals surface area contributed by atoms with E-state index in [-0.39, 0.29) is 68.9 Å². The summed E-state index contributed by atoms with van der Waals surface area (Å²) in [5.74, 6) is 0. The van der Waals surface area contributed by atoms with Gasteiger partial charge in [-0.05, 0) is 0 Å². The van der Waals surface area contributed by atoms with Crippen LogP contribution in [0.15, 0.2) is 0 Å². The minimum Gasteiger partial charge on any atom is -0.565 e. The van der Waals surface area contributed by atoms with Crippen molar-refractivity contribution >= 4 is 18.5 Å². The molecule has 0 bridgehead atoms. The van der Waals surface area contributed by atoms with Crippen LogP contribution in [-0.2, 0) is 4.74 Å². The molecule has 0 aromatic carbocycles. The molecule has 0 aromatic rings. The third-order valence-electron chi connectivity index (χ3n) is 0.175. The Balaban J connectivity index is -0.000000142. The minimum absolute atomic E-state index is 0. The number of ether oxygens (including phenoxy) is 1. The molecule has 0 aliphatic carbocycles. The largest absolute Gasteiger partial charge is 1.00 e. The van der Waals surface area contributed by atoms with E-state index in [9.17, 15) is 9.59 Å². The second kappa shape index (κ2) is 11.1. The van der Waals surface area contributed by atoms with Crippen molar-refractivity contribution in [1.82, 2.24) is 0 Å². The van der Waals surface area contributed by atoms with Gasteiger partial charge in [0.15, 0.2) is 0 Å². The molecule has 12 heavy (non-hydrogen) atoms. The molecule has 0 atom stereocenters. The second-order valence-corrected chi connectivity index (χ2v) is 0.900. The summed E-state index contributed by atoms with van der Waals surface area (Å²) in [4.78, 5) is 26.9. The van der Waals surface area contributed by atoms with E-state index in [0.29, 0.717) is 0 Å². The molecule has 0 heterocycles. The molecule has 3 N–H and O–H groups in total. The molecule has 0 saturated carbocycles. The summed E-state index contributed by atoms with van der Waals surface area (Å²) in [6.07, 6.45) is -5.71. The van der Waals surface area contributed by atoms with Gasteiger partial charge < -0.3 is 30.0 Å². The Morgan fingerprint density at radius 3 is 1.17 bits per heavy atom. The fraction of sp³-hybridized carbons (Fsp3) is 0. The van der Waals surface area contributed by atoms with E-state index in [1.807, 2.05) is 0 Å². The van der Waals surface area contributed by atoms with Crippen LogP contribution in [0.5, 0.6) is 0 Å². The first-order chi connectivity index (χ1) is 4.86. The normalized spacial score (nSPS) is 6.33. The second-order valence-electron chi connectivity index (χ2n) is 0.900. The molecule has 0 spiro atoms. The van der Waals surface area contributed by atoms with Crippen molar-refractivity contribution in [2.75, 3.05) is 0 Å². The summed E-state index contributed by atoms with van der Waals surface area (Å²) in [7, 11) is 0. The number of carboxylic acid groups (broad SMARTS) is 4. The monoisotopic (exact) mass is 300 g/mol. The molecule has 0 aliphatic heterocycles. The van der Waals surface area contributed by atoms with Gasteiger partial charge in [0.25, 0.3) is 0 Å². The quantitative estimate of drug-likeness (QED) is 0.306. The summed E-state index contributed by atoms with van der Waals surface area (Å²) in [6, 6.07) is 0. The molecular formula is C3H3CsO8. The summed E-state index contributed by atoms with van der Waals surface area (Å²) >= 11 is 0. The van der Waals surface area contributed by atoms with Crippen molar-refractivity contribution in [3.63, 3.8) is 0 Å². The molecule has 0 fully saturated rings. The fourth-order valence-electron chi connectivity index (χ4n) is 0.0747. The maximum atomic E-state index is 9.21. The van der Waals surface area contributed by atoms with Gasteiger partial charge in [-0.3, -0.25) is 0 Å². The van der Waals surface area contributed by atoms with Gasteiger partial charge >= 0.3 is 81.2 Å². The molecule has 0 rings (SSSR count). The standard InChI is InChI=1S/C2H2O5.CH2O3.Cs/c3-1(4)7-2(5)6;2-1(3)4;/h(H,3,4)(H,5,6);(H2,2,3,4);/q;;+1/p-1. The Morgan fingerprint density at radius 2 is 1.17 bits per heavy atom. The fourth-order valence-corrected chi connectivity index (χ4v) is 0.0747. The average Bonchev–Trinajstić information content (AvgIpc) is 1.56. The Bertz CT molecular complexity index is 148. The zero-order chi connectivity index (χ0) is 9.44. The van der Waals surface area contributed by atoms with Crippen molar-refractivity contribution in [2.24, 2.45) is 0 Å². The van der Waals surface area contributed by atoms with Crippen LogP contribution in [-0.4, -0.2) is 33.8 Å². The van der Waals surface area contributed by atoms with Crippen LogP contribution in [0.1, 0.15) is 0 Å². The van der Waals surface area contributed by atoms with Crippen LogP contribution in [0.3, 0.4) is 0 Å². The molecule has 0 saturated heterocycles. The number of hydrogen-bond acceptors (Lipinski definition) is 5. The van der Waals surface area contributed by atoms with Crippen LogP contribution < -0.4 is 74.0 Å². The third-order valence-corrected chi connectivity index (χ3v) is 0.175. The van der Waals surface area contributed by atoms with Gasteiger partial charge in [0, 0.05) is 0 Å². The molecule has 0 aliphatic rings.